The Morgan fingerprint density at radius 2 is 2.00 bits per heavy atom. The lowest BCUT2D eigenvalue weighted by Crippen LogP contribution is -2.35. The van der Waals surface area contributed by atoms with Gasteiger partial charge in [0.1, 0.15) is 4.83 Å². The molecule has 2 aromatic heterocycles. The number of hydrogen-bond donors (Lipinski definition) is 1. The molecule has 4 rings (SSSR count). The lowest BCUT2D eigenvalue weighted by molar-refractivity contribution is -0.120. The first-order valence-electron chi connectivity index (χ1n) is 10.5. The summed E-state index contributed by atoms with van der Waals surface area (Å²) >= 11 is 2.82. The summed E-state index contributed by atoms with van der Waals surface area (Å²) in [4.78, 5) is 31.1. The minimum atomic E-state index is -0.308. The molecule has 2 heterocycles. The number of hydrogen-bond acceptors (Lipinski definition) is 5. The second kappa shape index (κ2) is 9.35. The fourth-order valence-corrected chi connectivity index (χ4v) is 5.87. The van der Waals surface area contributed by atoms with E-state index in [0.29, 0.717) is 21.3 Å². The van der Waals surface area contributed by atoms with Crippen molar-refractivity contribution in [1.29, 1.82) is 0 Å². The van der Waals surface area contributed by atoms with Crippen molar-refractivity contribution < 1.29 is 4.79 Å². The SMILES string of the molecule is CC(Sc1nc2scc(-c3ccccc3)c2c(=O)n1C)C(=O)NCC1CCCCC1. The molecule has 0 aliphatic heterocycles. The fraction of sp³-hybridized carbons (Fsp3) is 0.435. The van der Waals surface area contributed by atoms with Crippen molar-refractivity contribution in [2.45, 2.75) is 49.4 Å². The van der Waals surface area contributed by atoms with Gasteiger partial charge in [-0.2, -0.15) is 0 Å². The van der Waals surface area contributed by atoms with E-state index in [2.05, 4.69) is 5.32 Å². The van der Waals surface area contributed by atoms with Crippen LogP contribution in [0.4, 0.5) is 0 Å². The van der Waals surface area contributed by atoms with Gasteiger partial charge in [0, 0.05) is 24.5 Å². The van der Waals surface area contributed by atoms with Gasteiger partial charge in [0.25, 0.3) is 5.56 Å². The number of benzene rings is 1. The third-order valence-corrected chi connectivity index (χ3v) is 7.82. The number of carbonyl (C=O) groups is 1. The number of aromatic nitrogens is 2. The van der Waals surface area contributed by atoms with Crippen LogP contribution in [-0.4, -0.2) is 27.3 Å². The molecule has 0 spiro atoms. The van der Waals surface area contributed by atoms with Crippen molar-refractivity contribution in [1.82, 2.24) is 14.9 Å². The van der Waals surface area contributed by atoms with Crippen LogP contribution in [0.5, 0.6) is 0 Å². The summed E-state index contributed by atoms with van der Waals surface area (Å²) in [6.45, 7) is 2.63. The largest absolute Gasteiger partial charge is 0.355 e. The predicted octanol–water partition coefficient (Wildman–Crippen LogP) is 4.84. The fourth-order valence-electron chi connectivity index (χ4n) is 3.98. The highest BCUT2D eigenvalue weighted by Crippen LogP contribution is 2.32. The molecule has 1 aromatic carbocycles. The molecule has 158 valence electrons. The third-order valence-electron chi connectivity index (χ3n) is 5.80. The molecule has 1 fully saturated rings. The Hall–Kier alpha value is -2.12. The number of carbonyl (C=O) groups excluding carboxylic acids is 1. The molecule has 0 bridgehead atoms. The Balaban J connectivity index is 1.51. The first-order valence-corrected chi connectivity index (χ1v) is 12.3. The van der Waals surface area contributed by atoms with E-state index in [9.17, 15) is 9.59 Å². The maximum absolute atomic E-state index is 13.1. The molecule has 0 saturated heterocycles. The number of thioether (sulfide) groups is 1. The van der Waals surface area contributed by atoms with Crippen LogP contribution in [-0.2, 0) is 11.8 Å². The lowest BCUT2D eigenvalue weighted by Gasteiger charge is -2.22. The Labute approximate surface area is 184 Å². The minimum absolute atomic E-state index is 0.0103. The lowest BCUT2D eigenvalue weighted by atomic mass is 9.89. The topological polar surface area (TPSA) is 64.0 Å². The van der Waals surface area contributed by atoms with Crippen molar-refractivity contribution in [3.63, 3.8) is 0 Å². The number of thiophene rings is 1. The van der Waals surface area contributed by atoms with E-state index in [-0.39, 0.29) is 16.7 Å². The van der Waals surface area contributed by atoms with Gasteiger partial charge in [-0.25, -0.2) is 4.98 Å². The highest BCUT2D eigenvalue weighted by molar-refractivity contribution is 8.00. The molecule has 1 unspecified atom stereocenters. The predicted molar refractivity (Wildman–Crippen MR) is 125 cm³/mol. The molecule has 1 N–H and O–H groups in total. The van der Waals surface area contributed by atoms with Gasteiger partial charge in [-0.05, 0) is 31.2 Å². The Bertz CT molecular complexity index is 1090. The second-order valence-electron chi connectivity index (χ2n) is 7.96. The molecule has 7 heteroatoms. The zero-order valence-electron chi connectivity index (χ0n) is 17.4. The second-order valence-corrected chi connectivity index (χ2v) is 10.1. The average molecular weight is 442 g/mol. The van der Waals surface area contributed by atoms with Gasteiger partial charge in [0.2, 0.25) is 5.91 Å². The van der Waals surface area contributed by atoms with Gasteiger partial charge in [-0.15, -0.1) is 11.3 Å². The minimum Gasteiger partial charge on any atom is -0.355 e. The highest BCUT2D eigenvalue weighted by Gasteiger charge is 2.21. The normalized spacial score (nSPS) is 15.9. The van der Waals surface area contributed by atoms with Crippen LogP contribution in [0, 0.1) is 5.92 Å². The molecule has 1 atom stereocenters. The van der Waals surface area contributed by atoms with Crippen LogP contribution < -0.4 is 10.9 Å². The molecule has 1 aliphatic rings. The smallest absolute Gasteiger partial charge is 0.263 e. The van der Waals surface area contributed by atoms with Gasteiger partial charge < -0.3 is 5.32 Å². The van der Waals surface area contributed by atoms with E-state index in [4.69, 9.17) is 4.98 Å². The molecule has 30 heavy (non-hydrogen) atoms. The summed E-state index contributed by atoms with van der Waals surface area (Å²) in [5.41, 5.74) is 1.86. The Morgan fingerprint density at radius 3 is 2.73 bits per heavy atom. The Morgan fingerprint density at radius 1 is 1.27 bits per heavy atom. The van der Waals surface area contributed by atoms with E-state index in [0.717, 1.165) is 17.7 Å². The number of fused-ring (bicyclic) bond motifs is 1. The molecular formula is C23H27N3O2S2. The Kier molecular flexibility index (Phi) is 6.58. The van der Waals surface area contributed by atoms with E-state index >= 15 is 0 Å². The molecular weight excluding hydrogens is 414 g/mol. The quantitative estimate of drug-likeness (QED) is 0.439. The van der Waals surface area contributed by atoms with Gasteiger partial charge in [-0.3, -0.25) is 14.2 Å². The molecule has 3 aromatic rings. The van der Waals surface area contributed by atoms with Gasteiger partial charge in [-0.1, -0.05) is 61.4 Å². The summed E-state index contributed by atoms with van der Waals surface area (Å²) < 4.78 is 1.57. The van der Waals surface area contributed by atoms with E-state index < -0.39 is 0 Å². The first kappa shape index (κ1) is 21.1. The zero-order chi connectivity index (χ0) is 21.1. The van der Waals surface area contributed by atoms with Crippen LogP contribution in [0.25, 0.3) is 21.3 Å². The summed E-state index contributed by atoms with van der Waals surface area (Å²) in [5.74, 6) is 0.609. The molecule has 1 aliphatic carbocycles. The third kappa shape index (κ3) is 4.47. The molecule has 0 radical (unpaired) electrons. The summed E-state index contributed by atoms with van der Waals surface area (Å²) in [6, 6.07) is 9.90. The number of rotatable bonds is 6. The summed E-state index contributed by atoms with van der Waals surface area (Å²) in [6.07, 6.45) is 6.26. The monoisotopic (exact) mass is 441 g/mol. The molecule has 5 nitrogen and oxygen atoms in total. The van der Waals surface area contributed by atoms with Crippen molar-refractivity contribution >= 4 is 39.2 Å². The van der Waals surface area contributed by atoms with Crippen molar-refractivity contribution in [3.05, 3.63) is 46.1 Å². The maximum atomic E-state index is 13.1. The standard InChI is InChI=1S/C23H27N3O2S2/c1-15(20(27)24-13-16-9-5-3-6-10-16)30-23-25-21-19(22(28)26(23)2)18(14-29-21)17-11-7-4-8-12-17/h4,7-8,11-12,14-16H,3,5-6,9-10,13H2,1-2H3,(H,24,27). The summed E-state index contributed by atoms with van der Waals surface area (Å²) in [7, 11) is 1.73. The zero-order valence-corrected chi connectivity index (χ0v) is 19.0. The van der Waals surface area contributed by atoms with Crippen LogP contribution in [0.15, 0.2) is 45.7 Å². The number of nitrogens with zero attached hydrogens (tertiary/aromatic N) is 2. The maximum Gasteiger partial charge on any atom is 0.263 e. The van der Waals surface area contributed by atoms with Crippen molar-refractivity contribution in [2.75, 3.05) is 6.54 Å². The van der Waals surface area contributed by atoms with Gasteiger partial charge >= 0.3 is 0 Å². The van der Waals surface area contributed by atoms with Crippen LogP contribution in [0.2, 0.25) is 0 Å². The number of nitrogens with one attached hydrogen (secondary N) is 1. The summed E-state index contributed by atoms with van der Waals surface area (Å²) in [5, 5.41) is 6.00. The molecule has 1 saturated carbocycles. The van der Waals surface area contributed by atoms with Gasteiger partial charge in [0.05, 0.1) is 10.6 Å². The van der Waals surface area contributed by atoms with Crippen LogP contribution in [0.3, 0.4) is 0 Å². The van der Waals surface area contributed by atoms with Gasteiger partial charge in [0.15, 0.2) is 5.16 Å². The first-order chi connectivity index (χ1) is 14.5. The van der Waals surface area contributed by atoms with E-state index in [1.165, 1.54) is 55.2 Å². The van der Waals surface area contributed by atoms with E-state index in [1.807, 2.05) is 42.6 Å². The highest BCUT2D eigenvalue weighted by atomic mass is 32.2. The van der Waals surface area contributed by atoms with E-state index in [1.54, 1.807) is 11.6 Å². The average Bonchev–Trinajstić information content (AvgIpc) is 3.21. The van der Waals surface area contributed by atoms with Crippen LogP contribution >= 0.6 is 23.1 Å². The van der Waals surface area contributed by atoms with Crippen molar-refractivity contribution in [3.8, 4) is 11.1 Å². The van der Waals surface area contributed by atoms with Crippen molar-refractivity contribution in [2.24, 2.45) is 13.0 Å². The van der Waals surface area contributed by atoms with Crippen LogP contribution in [0.1, 0.15) is 39.0 Å². The molecule has 1 amide bonds. The number of amides is 1.